The number of phenolic OH excluding ortho intramolecular Hbond substituents is 2. The number of hydrogen-bond acceptors (Lipinski definition) is 8. The first-order valence-corrected chi connectivity index (χ1v) is 7.64. The van der Waals surface area contributed by atoms with Crippen molar-refractivity contribution in [1.29, 1.82) is 0 Å². The van der Waals surface area contributed by atoms with Crippen molar-refractivity contribution in [3.05, 3.63) is 53.2 Å². The molecule has 3 rings (SSSR count). The lowest BCUT2D eigenvalue weighted by molar-refractivity contribution is 0.0469. The number of phenols is 2. The molecule has 0 aliphatic carbocycles. The molecule has 1 aromatic carbocycles. The summed E-state index contributed by atoms with van der Waals surface area (Å²) >= 11 is 1.21. The van der Waals surface area contributed by atoms with Gasteiger partial charge in [0.15, 0.2) is 23.1 Å². The number of esters is 1. The van der Waals surface area contributed by atoms with Crippen LogP contribution in [-0.4, -0.2) is 33.6 Å². The number of aromatic nitrogens is 1. The minimum atomic E-state index is -0.754. The van der Waals surface area contributed by atoms with E-state index in [1.807, 2.05) is 0 Å². The molecular formula is C16H11NO6S. The lowest BCUT2D eigenvalue weighted by atomic mass is 10.1. The topological polar surface area (TPSA) is 110 Å². The number of carbonyl (C=O) groups excluding carboxylic acids is 2. The first-order chi connectivity index (χ1) is 11.5. The molecule has 0 bridgehead atoms. The second-order valence-electron chi connectivity index (χ2n) is 4.72. The van der Waals surface area contributed by atoms with Crippen molar-refractivity contribution >= 4 is 23.1 Å². The molecule has 0 aliphatic heterocycles. The van der Waals surface area contributed by atoms with E-state index in [-0.39, 0.29) is 22.8 Å². The molecule has 0 unspecified atom stereocenters. The summed E-state index contributed by atoms with van der Waals surface area (Å²) in [5.74, 6) is -1.37. The van der Waals surface area contributed by atoms with Gasteiger partial charge >= 0.3 is 5.97 Å². The Hall–Kier alpha value is -3.13. The van der Waals surface area contributed by atoms with Crippen LogP contribution in [0.15, 0.2) is 46.4 Å². The second-order valence-corrected chi connectivity index (χ2v) is 5.57. The molecule has 0 radical (unpaired) electrons. The number of aromatic hydroxyl groups is 2. The van der Waals surface area contributed by atoms with Crippen molar-refractivity contribution in [2.45, 2.75) is 0 Å². The van der Waals surface area contributed by atoms with Gasteiger partial charge in [-0.2, -0.15) is 0 Å². The molecule has 0 saturated heterocycles. The molecule has 7 nitrogen and oxygen atoms in total. The van der Waals surface area contributed by atoms with E-state index >= 15 is 0 Å². The van der Waals surface area contributed by atoms with Gasteiger partial charge in [0.1, 0.15) is 11.5 Å². The standard InChI is InChI=1S/C16H11NO6S/c18-9-3-4-10(12(19)6-9)13(20)7-23-16(21)11-8-24-15(17-11)14-2-1-5-22-14/h1-6,8,18-19H,7H2. The molecule has 122 valence electrons. The third kappa shape index (κ3) is 3.28. The Balaban J connectivity index is 1.64. The van der Waals surface area contributed by atoms with Gasteiger partial charge in [-0.1, -0.05) is 0 Å². The first kappa shape index (κ1) is 15.8. The number of furan rings is 1. The largest absolute Gasteiger partial charge is 0.508 e. The van der Waals surface area contributed by atoms with Crippen LogP contribution in [0.4, 0.5) is 0 Å². The van der Waals surface area contributed by atoms with Gasteiger partial charge in [-0.05, 0) is 24.3 Å². The van der Waals surface area contributed by atoms with Crippen molar-refractivity contribution in [1.82, 2.24) is 4.98 Å². The zero-order valence-corrected chi connectivity index (χ0v) is 12.9. The second kappa shape index (κ2) is 6.55. The third-order valence-corrected chi connectivity index (χ3v) is 3.92. The monoisotopic (exact) mass is 345 g/mol. The number of Topliss-reactive ketones (excluding diaryl/α,β-unsaturated/α-hetero) is 1. The highest BCUT2D eigenvalue weighted by Crippen LogP contribution is 2.25. The molecule has 0 atom stereocenters. The molecular weight excluding hydrogens is 334 g/mol. The fraction of sp³-hybridized carbons (Fsp3) is 0.0625. The average molecular weight is 345 g/mol. The van der Waals surface area contributed by atoms with E-state index in [1.54, 1.807) is 12.1 Å². The number of ketones is 1. The maximum atomic E-state index is 12.0. The number of nitrogens with zero attached hydrogens (tertiary/aromatic N) is 1. The molecule has 0 amide bonds. The summed E-state index contributed by atoms with van der Waals surface area (Å²) in [6, 6.07) is 6.96. The van der Waals surface area contributed by atoms with Gasteiger partial charge in [0.05, 0.1) is 11.8 Å². The van der Waals surface area contributed by atoms with Gasteiger partial charge in [0, 0.05) is 11.4 Å². The Bertz CT molecular complexity index is 884. The van der Waals surface area contributed by atoms with Crippen LogP contribution >= 0.6 is 11.3 Å². The van der Waals surface area contributed by atoms with Crippen LogP contribution in [0.5, 0.6) is 11.5 Å². The molecule has 8 heteroatoms. The van der Waals surface area contributed by atoms with Gasteiger partial charge in [-0.25, -0.2) is 9.78 Å². The number of ether oxygens (including phenoxy) is 1. The Morgan fingerprint density at radius 3 is 2.79 bits per heavy atom. The lowest BCUT2D eigenvalue weighted by Crippen LogP contribution is -2.14. The van der Waals surface area contributed by atoms with Crippen LogP contribution in [0, 0.1) is 0 Å². The van der Waals surface area contributed by atoms with Crippen LogP contribution in [0.3, 0.4) is 0 Å². The van der Waals surface area contributed by atoms with E-state index in [2.05, 4.69) is 4.98 Å². The molecule has 3 aromatic rings. The SMILES string of the molecule is O=C(OCC(=O)c1ccc(O)cc1O)c1csc(-c2ccco2)n1. The van der Waals surface area contributed by atoms with Crippen LogP contribution in [-0.2, 0) is 4.74 Å². The molecule has 2 N–H and O–H groups in total. The first-order valence-electron chi connectivity index (χ1n) is 6.76. The Morgan fingerprint density at radius 2 is 2.08 bits per heavy atom. The van der Waals surface area contributed by atoms with E-state index in [9.17, 15) is 19.8 Å². The molecule has 0 aliphatic rings. The fourth-order valence-corrected chi connectivity index (χ4v) is 2.68. The van der Waals surface area contributed by atoms with Crippen LogP contribution in [0.1, 0.15) is 20.8 Å². The molecule has 0 fully saturated rings. The van der Waals surface area contributed by atoms with Gasteiger partial charge in [0.2, 0.25) is 5.78 Å². The van der Waals surface area contributed by atoms with E-state index in [0.29, 0.717) is 10.8 Å². The van der Waals surface area contributed by atoms with E-state index in [4.69, 9.17) is 9.15 Å². The Kier molecular flexibility index (Phi) is 4.30. The number of carbonyl (C=O) groups is 2. The summed E-state index contributed by atoms with van der Waals surface area (Å²) in [6.45, 7) is -0.551. The summed E-state index contributed by atoms with van der Waals surface area (Å²) in [7, 11) is 0. The van der Waals surface area contributed by atoms with Gasteiger partial charge < -0.3 is 19.4 Å². The van der Waals surface area contributed by atoms with Crippen molar-refractivity contribution in [2.24, 2.45) is 0 Å². The number of rotatable bonds is 5. The smallest absolute Gasteiger partial charge is 0.358 e. The van der Waals surface area contributed by atoms with Gasteiger partial charge in [-0.3, -0.25) is 4.79 Å². The predicted molar refractivity (Wildman–Crippen MR) is 84.2 cm³/mol. The van der Waals surface area contributed by atoms with Crippen LogP contribution < -0.4 is 0 Å². The number of thiazole rings is 1. The lowest BCUT2D eigenvalue weighted by Gasteiger charge is -2.05. The van der Waals surface area contributed by atoms with Gasteiger partial charge in [-0.15, -0.1) is 11.3 Å². The highest BCUT2D eigenvalue weighted by atomic mass is 32.1. The summed E-state index contributed by atoms with van der Waals surface area (Å²) in [4.78, 5) is 28.0. The minimum Gasteiger partial charge on any atom is -0.508 e. The number of benzene rings is 1. The van der Waals surface area contributed by atoms with Crippen molar-refractivity contribution in [3.63, 3.8) is 0 Å². The third-order valence-electron chi connectivity index (χ3n) is 3.06. The van der Waals surface area contributed by atoms with Gasteiger partial charge in [0.25, 0.3) is 0 Å². The maximum Gasteiger partial charge on any atom is 0.358 e. The quantitative estimate of drug-likeness (QED) is 0.540. The van der Waals surface area contributed by atoms with Crippen LogP contribution in [0.2, 0.25) is 0 Å². The van der Waals surface area contributed by atoms with E-state index < -0.39 is 18.4 Å². The summed E-state index contributed by atoms with van der Waals surface area (Å²) in [5, 5.41) is 20.8. The van der Waals surface area contributed by atoms with E-state index in [1.165, 1.54) is 35.1 Å². The van der Waals surface area contributed by atoms with Crippen molar-refractivity contribution in [2.75, 3.05) is 6.61 Å². The maximum absolute atomic E-state index is 12.0. The number of hydrogen-bond donors (Lipinski definition) is 2. The fourth-order valence-electron chi connectivity index (χ4n) is 1.92. The zero-order valence-electron chi connectivity index (χ0n) is 12.1. The van der Waals surface area contributed by atoms with Crippen molar-refractivity contribution in [3.8, 4) is 22.3 Å². The zero-order chi connectivity index (χ0) is 17.1. The van der Waals surface area contributed by atoms with Crippen LogP contribution in [0.25, 0.3) is 10.8 Å². The normalized spacial score (nSPS) is 10.5. The Morgan fingerprint density at radius 1 is 1.25 bits per heavy atom. The highest BCUT2D eigenvalue weighted by Gasteiger charge is 2.18. The summed E-state index contributed by atoms with van der Waals surface area (Å²) in [5.41, 5.74) is 0.0179. The average Bonchev–Trinajstić information content (AvgIpc) is 3.23. The molecule has 0 saturated carbocycles. The minimum absolute atomic E-state index is 0.0462. The Labute approximate surface area is 139 Å². The predicted octanol–water partition coefficient (Wildman–Crippen LogP) is 2.85. The van der Waals surface area contributed by atoms with E-state index in [0.717, 1.165) is 6.07 Å². The molecule has 2 aromatic heterocycles. The summed E-state index contributed by atoms with van der Waals surface area (Å²) in [6.07, 6.45) is 1.50. The van der Waals surface area contributed by atoms with Crippen molar-refractivity contribution < 1.29 is 29.0 Å². The highest BCUT2D eigenvalue weighted by molar-refractivity contribution is 7.13. The molecule has 0 spiro atoms. The molecule has 24 heavy (non-hydrogen) atoms. The molecule has 2 heterocycles. The summed E-state index contributed by atoms with van der Waals surface area (Å²) < 4.78 is 10.1.